The Morgan fingerprint density at radius 3 is 2.26 bits per heavy atom. The van der Waals surface area contributed by atoms with Gasteiger partial charge in [0.1, 0.15) is 0 Å². The zero-order valence-electron chi connectivity index (χ0n) is 12.2. The Balaban J connectivity index is 4.42. The highest BCUT2D eigenvalue weighted by atomic mass is 35.5. The molecular weight excluding hydrogens is 264 g/mol. The summed E-state index contributed by atoms with van der Waals surface area (Å²) in [6.07, 6.45) is 4.63. The van der Waals surface area contributed by atoms with Crippen molar-refractivity contribution in [2.24, 2.45) is 0 Å². The Bertz CT molecular complexity index is 381. The lowest BCUT2D eigenvalue weighted by atomic mass is 9.94. The predicted molar refractivity (Wildman–Crippen MR) is 78.3 cm³/mol. The van der Waals surface area contributed by atoms with E-state index < -0.39 is 16.6 Å². The molecule has 0 saturated heterocycles. The van der Waals surface area contributed by atoms with Crippen molar-refractivity contribution in [2.75, 3.05) is 7.11 Å². The second-order valence-electron chi connectivity index (χ2n) is 4.92. The second kappa shape index (κ2) is 8.16. The third-order valence-corrected chi connectivity index (χ3v) is 3.55. The fourth-order valence-electron chi connectivity index (χ4n) is 1.62. The summed E-state index contributed by atoms with van der Waals surface area (Å²) in [6, 6.07) is 0. The molecule has 1 unspecified atom stereocenters. The Morgan fingerprint density at radius 1 is 1.26 bits per heavy atom. The van der Waals surface area contributed by atoms with Crippen LogP contribution in [0.25, 0.3) is 0 Å². The molecule has 0 bridgehead atoms. The molecule has 19 heavy (non-hydrogen) atoms. The van der Waals surface area contributed by atoms with Crippen LogP contribution in [0.1, 0.15) is 46.5 Å². The van der Waals surface area contributed by atoms with Gasteiger partial charge in [0.05, 0.1) is 7.11 Å². The highest BCUT2D eigenvalue weighted by Crippen LogP contribution is 2.27. The molecule has 0 aliphatic rings. The van der Waals surface area contributed by atoms with E-state index in [2.05, 4.69) is 17.4 Å². The van der Waals surface area contributed by atoms with Crippen LogP contribution in [0, 0.1) is 0 Å². The molecule has 0 aromatic heterocycles. The molecule has 1 atom stereocenters. The summed E-state index contributed by atoms with van der Waals surface area (Å²) in [4.78, 5) is 21.5. The first-order valence-corrected chi connectivity index (χ1v) is 6.70. The smallest absolute Gasteiger partial charge is 0.334 e. The van der Waals surface area contributed by atoms with E-state index in [0.717, 1.165) is 18.4 Å². The van der Waals surface area contributed by atoms with Crippen molar-refractivity contribution >= 4 is 23.4 Å². The third-order valence-electron chi connectivity index (χ3n) is 2.94. The minimum absolute atomic E-state index is 0.226. The second-order valence-corrected chi connectivity index (χ2v) is 5.56. The van der Waals surface area contributed by atoms with Gasteiger partial charge in [0.2, 0.25) is 0 Å². The van der Waals surface area contributed by atoms with Crippen LogP contribution in [0.2, 0.25) is 0 Å². The molecule has 0 aliphatic heterocycles. The van der Waals surface area contributed by atoms with E-state index in [1.54, 1.807) is 0 Å². The van der Waals surface area contributed by atoms with E-state index in [1.165, 1.54) is 19.6 Å². The van der Waals surface area contributed by atoms with E-state index in [1.807, 2.05) is 13.8 Å². The van der Waals surface area contributed by atoms with Crippen LogP contribution in [0.3, 0.4) is 0 Å². The molecule has 0 radical (unpaired) electrons. The molecule has 0 heterocycles. The summed E-state index contributed by atoms with van der Waals surface area (Å²) in [7, 11) is 1.23. The number of hydrogen-bond acceptors (Lipinski definition) is 3. The maximum atomic E-state index is 11.6. The molecule has 0 amide bonds. The molecule has 0 aliphatic carbocycles. The summed E-state index contributed by atoms with van der Waals surface area (Å²) in [6.45, 7) is 9.33. The van der Waals surface area contributed by atoms with Crippen LogP contribution in [-0.2, 0) is 14.3 Å². The largest absolute Gasteiger partial charge is 0.467 e. The number of allylic oxidation sites excluding steroid dienone is 3. The quantitative estimate of drug-likeness (QED) is 0.295. The predicted octanol–water partition coefficient (Wildman–Crippen LogP) is 3.81. The van der Waals surface area contributed by atoms with Gasteiger partial charge in [0.15, 0.2) is 10.7 Å². The third kappa shape index (κ3) is 6.06. The van der Waals surface area contributed by atoms with Gasteiger partial charge in [-0.25, -0.2) is 4.79 Å². The standard InChI is InChI=1S/C15H23ClO3/c1-11(2)7-6-8-12(3)9-10-15(16,13(4)17)14(18)19-5/h7H,3,6,8-10H2,1-2,4-5H3. The van der Waals surface area contributed by atoms with Crippen LogP contribution in [-0.4, -0.2) is 23.7 Å². The van der Waals surface area contributed by atoms with Crippen LogP contribution in [0.15, 0.2) is 23.8 Å². The number of hydrogen-bond donors (Lipinski definition) is 0. The molecule has 0 fully saturated rings. The van der Waals surface area contributed by atoms with Crippen molar-refractivity contribution in [1.29, 1.82) is 0 Å². The van der Waals surface area contributed by atoms with Gasteiger partial charge in [0, 0.05) is 0 Å². The van der Waals surface area contributed by atoms with Gasteiger partial charge < -0.3 is 4.74 Å². The van der Waals surface area contributed by atoms with Crippen molar-refractivity contribution < 1.29 is 14.3 Å². The van der Waals surface area contributed by atoms with E-state index in [4.69, 9.17) is 11.6 Å². The highest BCUT2D eigenvalue weighted by molar-refractivity contribution is 6.45. The molecule has 0 saturated carbocycles. The normalized spacial score (nSPS) is 13.3. The number of ketones is 1. The summed E-state index contributed by atoms with van der Waals surface area (Å²) < 4.78 is 4.59. The lowest BCUT2D eigenvalue weighted by molar-refractivity contribution is -0.147. The lowest BCUT2D eigenvalue weighted by Crippen LogP contribution is -2.40. The maximum absolute atomic E-state index is 11.6. The van der Waals surface area contributed by atoms with Crippen LogP contribution < -0.4 is 0 Å². The number of rotatable bonds is 8. The number of halogens is 1. The molecule has 3 nitrogen and oxygen atoms in total. The van der Waals surface area contributed by atoms with Gasteiger partial charge in [-0.1, -0.05) is 35.4 Å². The number of carbonyl (C=O) groups excluding carboxylic acids is 2. The maximum Gasteiger partial charge on any atom is 0.334 e. The average molecular weight is 287 g/mol. The molecule has 0 rings (SSSR count). The fourth-order valence-corrected chi connectivity index (χ4v) is 1.79. The van der Waals surface area contributed by atoms with Crippen LogP contribution >= 0.6 is 11.6 Å². The highest BCUT2D eigenvalue weighted by Gasteiger charge is 2.42. The molecule has 0 spiro atoms. The van der Waals surface area contributed by atoms with E-state index in [-0.39, 0.29) is 6.42 Å². The monoisotopic (exact) mass is 286 g/mol. The number of alkyl halides is 1. The van der Waals surface area contributed by atoms with Crippen molar-refractivity contribution in [3.05, 3.63) is 23.8 Å². The van der Waals surface area contributed by atoms with E-state index in [9.17, 15) is 9.59 Å². The molecular formula is C15H23ClO3. The first-order valence-electron chi connectivity index (χ1n) is 6.32. The number of methoxy groups -OCH3 is 1. The van der Waals surface area contributed by atoms with Crippen LogP contribution in [0.4, 0.5) is 0 Å². The fraction of sp³-hybridized carbons (Fsp3) is 0.600. The zero-order chi connectivity index (χ0) is 15.1. The van der Waals surface area contributed by atoms with Crippen molar-refractivity contribution in [2.45, 2.75) is 51.3 Å². The van der Waals surface area contributed by atoms with Gasteiger partial charge in [-0.3, -0.25) is 4.79 Å². The lowest BCUT2D eigenvalue weighted by Gasteiger charge is -2.21. The topological polar surface area (TPSA) is 43.4 Å². The Morgan fingerprint density at radius 2 is 1.84 bits per heavy atom. The molecule has 108 valence electrons. The number of Topliss-reactive ketones (excluding diaryl/α,β-unsaturated/α-hetero) is 1. The zero-order valence-corrected chi connectivity index (χ0v) is 13.0. The van der Waals surface area contributed by atoms with Gasteiger partial charge in [-0.15, -0.1) is 0 Å². The number of ether oxygens (including phenoxy) is 1. The summed E-state index contributed by atoms with van der Waals surface area (Å²) in [5.41, 5.74) is 2.24. The van der Waals surface area contributed by atoms with E-state index in [0.29, 0.717) is 6.42 Å². The van der Waals surface area contributed by atoms with E-state index >= 15 is 0 Å². The van der Waals surface area contributed by atoms with Gasteiger partial charge in [-0.05, 0) is 46.5 Å². The summed E-state index contributed by atoms with van der Waals surface area (Å²) in [5, 5.41) is 0. The first-order chi connectivity index (χ1) is 8.74. The Labute approximate surface area is 120 Å². The van der Waals surface area contributed by atoms with Crippen molar-refractivity contribution in [3.63, 3.8) is 0 Å². The Hall–Kier alpha value is -1.09. The van der Waals surface area contributed by atoms with Gasteiger partial charge in [-0.2, -0.15) is 0 Å². The average Bonchev–Trinajstić information content (AvgIpc) is 2.34. The minimum Gasteiger partial charge on any atom is -0.467 e. The van der Waals surface area contributed by atoms with Gasteiger partial charge >= 0.3 is 5.97 Å². The van der Waals surface area contributed by atoms with Crippen molar-refractivity contribution in [3.8, 4) is 0 Å². The summed E-state index contributed by atoms with van der Waals surface area (Å²) >= 11 is 6.08. The Kier molecular flexibility index (Phi) is 7.69. The minimum atomic E-state index is -1.58. The van der Waals surface area contributed by atoms with Crippen LogP contribution in [0.5, 0.6) is 0 Å². The number of carbonyl (C=O) groups is 2. The number of esters is 1. The molecule has 4 heteroatoms. The summed E-state index contributed by atoms with van der Waals surface area (Å²) in [5.74, 6) is -1.09. The molecule has 0 N–H and O–H groups in total. The SMILES string of the molecule is C=C(CCC=C(C)C)CCC(Cl)(C(C)=O)C(=O)OC. The molecule has 0 aromatic rings. The first kappa shape index (κ1) is 17.9. The molecule has 0 aromatic carbocycles. The van der Waals surface area contributed by atoms with Crippen molar-refractivity contribution in [1.82, 2.24) is 0 Å². The van der Waals surface area contributed by atoms with Gasteiger partial charge in [0.25, 0.3) is 0 Å².